The van der Waals surface area contributed by atoms with Crippen LogP contribution in [-0.2, 0) is 9.47 Å². The van der Waals surface area contributed by atoms with Gasteiger partial charge in [-0.05, 0) is 18.8 Å². The van der Waals surface area contributed by atoms with Crippen LogP contribution in [0.15, 0.2) is 0 Å². The van der Waals surface area contributed by atoms with E-state index in [2.05, 4.69) is 13.8 Å². The summed E-state index contributed by atoms with van der Waals surface area (Å²) in [5, 5.41) is 0. The van der Waals surface area contributed by atoms with Gasteiger partial charge in [0.2, 0.25) is 0 Å². The third-order valence-electron chi connectivity index (χ3n) is 2.10. The van der Waals surface area contributed by atoms with Gasteiger partial charge >= 0.3 is 0 Å². The molecule has 0 aromatic carbocycles. The summed E-state index contributed by atoms with van der Waals surface area (Å²) in [4.78, 5) is 0. The van der Waals surface area contributed by atoms with Crippen molar-refractivity contribution in [2.45, 2.75) is 38.9 Å². The SMILES string of the molecule is COC1CCC1OCC(C)C. The van der Waals surface area contributed by atoms with Crippen LogP contribution in [0.25, 0.3) is 0 Å². The molecule has 2 atom stereocenters. The minimum absolute atomic E-state index is 0.369. The van der Waals surface area contributed by atoms with E-state index in [-0.39, 0.29) is 0 Å². The van der Waals surface area contributed by atoms with Crippen LogP contribution < -0.4 is 0 Å². The molecule has 2 unspecified atom stereocenters. The Morgan fingerprint density at radius 1 is 1.27 bits per heavy atom. The van der Waals surface area contributed by atoms with Crippen molar-refractivity contribution in [3.05, 3.63) is 0 Å². The summed E-state index contributed by atoms with van der Waals surface area (Å²) < 4.78 is 10.8. The van der Waals surface area contributed by atoms with Gasteiger partial charge in [0, 0.05) is 13.7 Å². The summed E-state index contributed by atoms with van der Waals surface area (Å²) in [6.45, 7) is 5.20. The second-order valence-corrected chi connectivity index (χ2v) is 3.62. The van der Waals surface area contributed by atoms with Crippen molar-refractivity contribution in [2.75, 3.05) is 13.7 Å². The Hall–Kier alpha value is -0.0800. The zero-order valence-electron chi connectivity index (χ0n) is 7.67. The second-order valence-electron chi connectivity index (χ2n) is 3.62. The van der Waals surface area contributed by atoms with E-state index >= 15 is 0 Å². The van der Waals surface area contributed by atoms with Gasteiger partial charge in [-0.15, -0.1) is 0 Å². The van der Waals surface area contributed by atoms with Crippen LogP contribution in [0.4, 0.5) is 0 Å². The Balaban J connectivity index is 2.07. The van der Waals surface area contributed by atoms with Crippen molar-refractivity contribution in [3.8, 4) is 0 Å². The summed E-state index contributed by atoms with van der Waals surface area (Å²) in [5.41, 5.74) is 0. The van der Waals surface area contributed by atoms with E-state index in [1.165, 1.54) is 12.8 Å². The van der Waals surface area contributed by atoms with Gasteiger partial charge in [-0.2, -0.15) is 0 Å². The van der Waals surface area contributed by atoms with Gasteiger partial charge in [-0.25, -0.2) is 0 Å². The summed E-state index contributed by atoms with van der Waals surface area (Å²) >= 11 is 0. The van der Waals surface area contributed by atoms with Crippen molar-refractivity contribution in [1.82, 2.24) is 0 Å². The summed E-state index contributed by atoms with van der Waals surface area (Å²) in [7, 11) is 1.76. The Morgan fingerprint density at radius 3 is 2.27 bits per heavy atom. The lowest BCUT2D eigenvalue weighted by Crippen LogP contribution is -2.41. The molecule has 0 amide bonds. The molecule has 0 aliphatic heterocycles. The van der Waals surface area contributed by atoms with Crippen LogP contribution in [-0.4, -0.2) is 25.9 Å². The van der Waals surface area contributed by atoms with Gasteiger partial charge in [-0.1, -0.05) is 13.8 Å². The maximum absolute atomic E-state index is 5.62. The molecule has 1 aliphatic rings. The van der Waals surface area contributed by atoms with Crippen LogP contribution in [0.2, 0.25) is 0 Å². The largest absolute Gasteiger partial charge is 0.379 e. The van der Waals surface area contributed by atoms with Crippen molar-refractivity contribution < 1.29 is 9.47 Å². The quantitative estimate of drug-likeness (QED) is 0.621. The molecule has 0 saturated heterocycles. The molecular formula is C9H18O2. The van der Waals surface area contributed by atoms with Crippen LogP contribution in [0.3, 0.4) is 0 Å². The minimum Gasteiger partial charge on any atom is -0.379 e. The van der Waals surface area contributed by atoms with E-state index in [4.69, 9.17) is 9.47 Å². The van der Waals surface area contributed by atoms with Crippen LogP contribution in [0.5, 0.6) is 0 Å². The molecule has 0 aromatic heterocycles. The van der Waals surface area contributed by atoms with E-state index < -0.39 is 0 Å². The molecule has 1 saturated carbocycles. The van der Waals surface area contributed by atoms with Crippen molar-refractivity contribution in [1.29, 1.82) is 0 Å². The van der Waals surface area contributed by atoms with Crippen molar-refractivity contribution >= 4 is 0 Å². The van der Waals surface area contributed by atoms with Crippen LogP contribution in [0, 0.1) is 5.92 Å². The molecule has 0 spiro atoms. The molecular weight excluding hydrogens is 140 g/mol. The maximum Gasteiger partial charge on any atom is 0.0837 e. The highest BCUT2D eigenvalue weighted by atomic mass is 16.5. The van der Waals surface area contributed by atoms with Crippen LogP contribution in [0.1, 0.15) is 26.7 Å². The molecule has 0 heterocycles. The first kappa shape index (κ1) is 9.01. The predicted octanol–water partition coefficient (Wildman–Crippen LogP) is 1.84. The second kappa shape index (κ2) is 4.07. The smallest absolute Gasteiger partial charge is 0.0837 e. The van der Waals surface area contributed by atoms with Gasteiger partial charge in [0.15, 0.2) is 0 Å². The fraction of sp³-hybridized carbons (Fsp3) is 1.00. The highest BCUT2D eigenvalue weighted by molar-refractivity contribution is 4.82. The number of methoxy groups -OCH3 is 1. The lowest BCUT2D eigenvalue weighted by Gasteiger charge is -2.35. The third-order valence-corrected chi connectivity index (χ3v) is 2.10. The molecule has 0 bridgehead atoms. The van der Waals surface area contributed by atoms with Gasteiger partial charge in [0.05, 0.1) is 12.2 Å². The normalized spacial score (nSPS) is 30.5. The molecule has 1 fully saturated rings. The lowest BCUT2D eigenvalue weighted by molar-refractivity contribution is -0.118. The lowest BCUT2D eigenvalue weighted by atomic mass is 9.92. The first-order chi connectivity index (χ1) is 5.24. The highest BCUT2D eigenvalue weighted by Crippen LogP contribution is 2.26. The Labute approximate surface area is 68.9 Å². The minimum atomic E-state index is 0.369. The number of rotatable bonds is 4. The molecule has 2 nitrogen and oxygen atoms in total. The molecule has 66 valence electrons. The Kier molecular flexibility index (Phi) is 3.34. The van der Waals surface area contributed by atoms with E-state index in [9.17, 15) is 0 Å². The average molecular weight is 158 g/mol. The fourth-order valence-electron chi connectivity index (χ4n) is 1.22. The molecule has 0 radical (unpaired) electrons. The standard InChI is InChI=1S/C9H18O2/c1-7(2)6-11-9-5-4-8(9)10-3/h7-9H,4-6H2,1-3H3. The molecule has 1 rings (SSSR count). The fourth-order valence-corrected chi connectivity index (χ4v) is 1.22. The number of hydrogen-bond acceptors (Lipinski definition) is 2. The number of ether oxygens (including phenoxy) is 2. The molecule has 2 heteroatoms. The zero-order valence-corrected chi connectivity index (χ0v) is 7.67. The van der Waals surface area contributed by atoms with E-state index in [0.717, 1.165) is 6.61 Å². The highest BCUT2D eigenvalue weighted by Gasteiger charge is 2.31. The van der Waals surface area contributed by atoms with Crippen LogP contribution >= 0.6 is 0 Å². The van der Waals surface area contributed by atoms with Gasteiger partial charge in [0.1, 0.15) is 0 Å². The molecule has 0 N–H and O–H groups in total. The first-order valence-corrected chi connectivity index (χ1v) is 4.38. The predicted molar refractivity (Wildman–Crippen MR) is 44.6 cm³/mol. The van der Waals surface area contributed by atoms with E-state index in [0.29, 0.717) is 18.1 Å². The summed E-state index contributed by atoms with van der Waals surface area (Å²) in [5.74, 6) is 0.633. The van der Waals surface area contributed by atoms with E-state index in [1.807, 2.05) is 0 Å². The Bertz CT molecular complexity index is 110. The topological polar surface area (TPSA) is 18.5 Å². The third kappa shape index (κ3) is 2.46. The van der Waals surface area contributed by atoms with Crippen molar-refractivity contribution in [2.24, 2.45) is 5.92 Å². The summed E-state index contributed by atoms with van der Waals surface area (Å²) in [6, 6.07) is 0. The van der Waals surface area contributed by atoms with Gasteiger partial charge < -0.3 is 9.47 Å². The van der Waals surface area contributed by atoms with E-state index in [1.54, 1.807) is 7.11 Å². The first-order valence-electron chi connectivity index (χ1n) is 4.38. The molecule has 0 aromatic rings. The van der Waals surface area contributed by atoms with Crippen molar-refractivity contribution in [3.63, 3.8) is 0 Å². The monoisotopic (exact) mass is 158 g/mol. The zero-order chi connectivity index (χ0) is 8.27. The molecule has 1 aliphatic carbocycles. The summed E-state index contributed by atoms with van der Waals surface area (Å²) in [6.07, 6.45) is 3.08. The number of hydrogen-bond donors (Lipinski definition) is 0. The Morgan fingerprint density at radius 2 is 1.91 bits per heavy atom. The average Bonchev–Trinajstić information content (AvgIpc) is 1.86. The van der Waals surface area contributed by atoms with Gasteiger partial charge in [-0.3, -0.25) is 0 Å². The molecule has 11 heavy (non-hydrogen) atoms. The van der Waals surface area contributed by atoms with Gasteiger partial charge in [0.25, 0.3) is 0 Å². The maximum atomic E-state index is 5.62.